The summed E-state index contributed by atoms with van der Waals surface area (Å²) in [4.78, 5) is 8.13. The van der Waals surface area contributed by atoms with Gasteiger partial charge in [-0.25, -0.2) is 18.4 Å². The number of benzene rings is 1. The molecule has 1 aliphatic heterocycles. The van der Waals surface area contributed by atoms with Gasteiger partial charge in [0.2, 0.25) is 15.7 Å². The van der Waals surface area contributed by atoms with Gasteiger partial charge in [0.15, 0.2) is 0 Å². The highest BCUT2D eigenvalue weighted by atomic mass is 32.2. The molecule has 0 N–H and O–H groups in total. The Morgan fingerprint density at radius 2 is 1.96 bits per heavy atom. The number of ether oxygens (including phenoxy) is 2. The number of methoxy groups -OCH3 is 1. The first-order chi connectivity index (χ1) is 12.5. The molecule has 1 atom stereocenters. The van der Waals surface area contributed by atoms with Crippen LogP contribution in [0.4, 0.5) is 0 Å². The summed E-state index contributed by atoms with van der Waals surface area (Å²) < 4.78 is 37.9. The maximum atomic E-state index is 12.9. The van der Waals surface area contributed by atoms with Gasteiger partial charge in [-0.1, -0.05) is 0 Å². The third kappa shape index (κ3) is 3.76. The second kappa shape index (κ2) is 7.68. The fraction of sp³-hybridized carbons (Fsp3) is 0.353. The first kappa shape index (κ1) is 18.1. The Hall–Kier alpha value is -2.70. The van der Waals surface area contributed by atoms with Crippen LogP contribution in [-0.2, 0) is 10.0 Å². The number of piperidine rings is 1. The summed E-state index contributed by atoms with van der Waals surface area (Å²) >= 11 is 0. The molecular formula is C17H18N4O4S. The molecular weight excluding hydrogens is 356 g/mol. The minimum atomic E-state index is -3.63. The van der Waals surface area contributed by atoms with Crippen LogP contribution in [0.1, 0.15) is 18.5 Å². The Morgan fingerprint density at radius 3 is 2.65 bits per heavy atom. The molecule has 0 saturated carbocycles. The van der Waals surface area contributed by atoms with Gasteiger partial charge in [-0.3, -0.25) is 0 Å². The first-order valence-corrected chi connectivity index (χ1v) is 9.50. The lowest BCUT2D eigenvalue weighted by Crippen LogP contribution is -2.44. The zero-order chi connectivity index (χ0) is 18.6. The Morgan fingerprint density at radius 1 is 1.23 bits per heavy atom. The maximum absolute atomic E-state index is 12.9. The highest BCUT2D eigenvalue weighted by Gasteiger charge is 2.31. The summed E-state index contributed by atoms with van der Waals surface area (Å²) in [6.45, 7) is 0.607. The zero-order valence-electron chi connectivity index (χ0n) is 14.2. The molecule has 0 spiro atoms. The number of aromatic nitrogens is 2. The summed E-state index contributed by atoms with van der Waals surface area (Å²) in [6.07, 6.45) is 3.79. The van der Waals surface area contributed by atoms with Crippen LogP contribution in [0.25, 0.3) is 0 Å². The van der Waals surface area contributed by atoms with E-state index in [9.17, 15) is 8.42 Å². The predicted octanol–water partition coefficient (Wildman–Crippen LogP) is 1.59. The molecule has 1 aliphatic rings. The third-order valence-corrected chi connectivity index (χ3v) is 5.97. The van der Waals surface area contributed by atoms with Crippen LogP contribution < -0.4 is 9.47 Å². The SMILES string of the molecule is COc1ccc(S(=O)(=O)N2CCCC(Oc3nccnc3C#N)C2)cc1. The summed E-state index contributed by atoms with van der Waals surface area (Å²) in [5.41, 5.74) is 0.0858. The number of hydrogen-bond donors (Lipinski definition) is 0. The topological polar surface area (TPSA) is 105 Å². The van der Waals surface area contributed by atoms with Gasteiger partial charge < -0.3 is 9.47 Å². The van der Waals surface area contributed by atoms with E-state index in [-0.39, 0.29) is 29.1 Å². The summed E-state index contributed by atoms with van der Waals surface area (Å²) in [5, 5.41) is 9.07. The van der Waals surface area contributed by atoms with Crippen molar-refractivity contribution < 1.29 is 17.9 Å². The van der Waals surface area contributed by atoms with Gasteiger partial charge in [-0.2, -0.15) is 9.57 Å². The molecule has 9 heteroatoms. The number of nitriles is 1. The third-order valence-electron chi connectivity index (χ3n) is 4.09. The molecule has 1 aromatic heterocycles. The van der Waals surface area contributed by atoms with Crippen LogP contribution in [0, 0.1) is 11.3 Å². The van der Waals surface area contributed by atoms with Gasteiger partial charge in [0.1, 0.15) is 17.9 Å². The summed E-state index contributed by atoms with van der Waals surface area (Å²) in [5.74, 6) is 0.721. The highest BCUT2D eigenvalue weighted by molar-refractivity contribution is 7.89. The fourth-order valence-electron chi connectivity index (χ4n) is 2.76. The lowest BCUT2D eigenvalue weighted by atomic mass is 10.1. The maximum Gasteiger partial charge on any atom is 0.251 e. The minimum absolute atomic E-state index is 0.0858. The molecule has 1 aromatic carbocycles. The molecule has 2 aromatic rings. The molecule has 8 nitrogen and oxygen atoms in total. The largest absolute Gasteiger partial charge is 0.497 e. The molecule has 0 amide bonds. The molecule has 26 heavy (non-hydrogen) atoms. The van der Waals surface area contributed by atoms with Crippen molar-refractivity contribution in [3.8, 4) is 17.7 Å². The lowest BCUT2D eigenvalue weighted by molar-refractivity contribution is 0.124. The fourth-order valence-corrected chi connectivity index (χ4v) is 4.27. The van der Waals surface area contributed by atoms with Gasteiger partial charge in [-0.15, -0.1) is 0 Å². The van der Waals surface area contributed by atoms with E-state index in [1.807, 2.05) is 6.07 Å². The van der Waals surface area contributed by atoms with E-state index in [0.29, 0.717) is 25.1 Å². The molecule has 2 heterocycles. The Labute approximate surface area is 152 Å². The van der Waals surface area contributed by atoms with E-state index in [1.165, 1.54) is 35.9 Å². The molecule has 3 rings (SSSR count). The predicted molar refractivity (Wildman–Crippen MR) is 92.1 cm³/mol. The van der Waals surface area contributed by atoms with Crippen molar-refractivity contribution in [1.29, 1.82) is 5.26 Å². The summed E-state index contributed by atoms with van der Waals surface area (Å²) in [7, 11) is -2.11. The van der Waals surface area contributed by atoms with Crippen molar-refractivity contribution in [3.63, 3.8) is 0 Å². The van der Waals surface area contributed by atoms with E-state index in [1.54, 1.807) is 12.1 Å². The van der Waals surface area contributed by atoms with Crippen molar-refractivity contribution in [2.75, 3.05) is 20.2 Å². The minimum Gasteiger partial charge on any atom is -0.497 e. The van der Waals surface area contributed by atoms with Crippen molar-refractivity contribution in [2.24, 2.45) is 0 Å². The van der Waals surface area contributed by atoms with Gasteiger partial charge in [0.05, 0.1) is 18.6 Å². The van der Waals surface area contributed by atoms with E-state index < -0.39 is 10.0 Å². The molecule has 136 valence electrons. The Balaban J connectivity index is 1.76. The van der Waals surface area contributed by atoms with E-state index in [0.717, 1.165) is 0 Å². The smallest absolute Gasteiger partial charge is 0.251 e. The standard InChI is InChI=1S/C17H18N4O4S/c1-24-13-4-6-15(7-5-13)26(22,23)21-10-2-3-14(12-21)25-17-16(11-18)19-8-9-20-17/h4-9,14H,2-3,10,12H2,1H3. The monoisotopic (exact) mass is 374 g/mol. The number of sulfonamides is 1. The van der Waals surface area contributed by atoms with Crippen LogP contribution >= 0.6 is 0 Å². The Bertz CT molecular complexity index is 909. The molecule has 0 aliphatic carbocycles. The summed E-state index contributed by atoms with van der Waals surface area (Å²) in [6, 6.07) is 8.20. The highest BCUT2D eigenvalue weighted by Crippen LogP contribution is 2.25. The van der Waals surface area contributed by atoms with Crippen LogP contribution in [0.3, 0.4) is 0 Å². The van der Waals surface area contributed by atoms with Crippen LogP contribution in [0.15, 0.2) is 41.6 Å². The first-order valence-electron chi connectivity index (χ1n) is 8.06. The van der Waals surface area contributed by atoms with Crippen molar-refractivity contribution in [2.45, 2.75) is 23.8 Å². The average Bonchev–Trinajstić information content (AvgIpc) is 2.68. The van der Waals surface area contributed by atoms with E-state index in [4.69, 9.17) is 14.7 Å². The molecule has 1 fully saturated rings. The van der Waals surface area contributed by atoms with E-state index in [2.05, 4.69) is 9.97 Å². The van der Waals surface area contributed by atoms with Crippen molar-refractivity contribution in [1.82, 2.24) is 14.3 Å². The molecule has 0 radical (unpaired) electrons. The molecule has 1 unspecified atom stereocenters. The number of nitrogens with zero attached hydrogens (tertiary/aromatic N) is 4. The van der Waals surface area contributed by atoms with Crippen LogP contribution in [-0.4, -0.2) is 49.0 Å². The number of rotatable bonds is 5. The Kier molecular flexibility index (Phi) is 5.35. The quantitative estimate of drug-likeness (QED) is 0.782. The zero-order valence-corrected chi connectivity index (χ0v) is 15.0. The van der Waals surface area contributed by atoms with Crippen molar-refractivity contribution >= 4 is 10.0 Å². The second-order valence-corrected chi connectivity index (χ2v) is 7.68. The van der Waals surface area contributed by atoms with Crippen LogP contribution in [0.2, 0.25) is 0 Å². The molecule has 0 bridgehead atoms. The van der Waals surface area contributed by atoms with Gasteiger partial charge in [-0.05, 0) is 37.1 Å². The normalized spacial score (nSPS) is 18.1. The number of hydrogen-bond acceptors (Lipinski definition) is 7. The van der Waals surface area contributed by atoms with Gasteiger partial charge in [0.25, 0.3) is 5.88 Å². The van der Waals surface area contributed by atoms with Gasteiger partial charge in [0, 0.05) is 18.9 Å². The van der Waals surface area contributed by atoms with E-state index >= 15 is 0 Å². The lowest BCUT2D eigenvalue weighted by Gasteiger charge is -2.31. The van der Waals surface area contributed by atoms with Gasteiger partial charge >= 0.3 is 0 Å². The van der Waals surface area contributed by atoms with Crippen molar-refractivity contribution in [3.05, 3.63) is 42.4 Å². The van der Waals surface area contributed by atoms with Crippen LogP contribution in [0.5, 0.6) is 11.6 Å². The molecule has 1 saturated heterocycles. The average molecular weight is 374 g/mol. The second-order valence-electron chi connectivity index (χ2n) is 5.74.